The second kappa shape index (κ2) is 6.75. The molecule has 0 aromatic rings. The number of nitrogens with one attached hydrogen (secondary N) is 1. The van der Waals surface area contributed by atoms with E-state index in [1.807, 2.05) is 0 Å². The van der Waals surface area contributed by atoms with E-state index in [-0.39, 0.29) is 0 Å². The smallest absolute Gasteiger partial charge is 0.0112 e. The molecule has 0 radical (unpaired) electrons. The van der Waals surface area contributed by atoms with E-state index in [0.29, 0.717) is 11.5 Å². The van der Waals surface area contributed by atoms with Crippen LogP contribution in [0.3, 0.4) is 0 Å². The van der Waals surface area contributed by atoms with Crippen LogP contribution in [0.15, 0.2) is 0 Å². The number of rotatable bonds is 5. The molecule has 0 aromatic carbocycles. The molecule has 1 fully saturated rings. The Balaban J connectivity index is 2.17. The van der Waals surface area contributed by atoms with Crippen molar-refractivity contribution < 1.29 is 0 Å². The standard InChI is InChI=1S/C15H32N2/c1-13(15(2,3)4)17(5)12-8-10-14-9-6-7-11-16-14/h13-14,16H,6-12H2,1-5H3. The van der Waals surface area contributed by atoms with E-state index in [0.717, 1.165) is 6.04 Å². The summed E-state index contributed by atoms with van der Waals surface area (Å²) >= 11 is 0. The van der Waals surface area contributed by atoms with Crippen LogP contribution in [0.4, 0.5) is 0 Å². The van der Waals surface area contributed by atoms with E-state index in [4.69, 9.17) is 0 Å². The zero-order valence-corrected chi connectivity index (χ0v) is 12.6. The summed E-state index contributed by atoms with van der Waals surface area (Å²) in [7, 11) is 2.27. The van der Waals surface area contributed by atoms with Crippen LogP contribution >= 0.6 is 0 Å². The molecule has 0 bridgehead atoms. The molecule has 2 unspecified atom stereocenters. The third kappa shape index (κ3) is 5.39. The Morgan fingerprint density at radius 1 is 1.29 bits per heavy atom. The minimum absolute atomic E-state index is 0.387. The maximum atomic E-state index is 3.63. The monoisotopic (exact) mass is 240 g/mol. The van der Waals surface area contributed by atoms with Crippen LogP contribution in [0.2, 0.25) is 0 Å². The molecule has 1 aliphatic heterocycles. The van der Waals surface area contributed by atoms with Crippen molar-refractivity contribution >= 4 is 0 Å². The van der Waals surface area contributed by atoms with Gasteiger partial charge in [-0.05, 0) is 58.2 Å². The van der Waals surface area contributed by atoms with Gasteiger partial charge in [0, 0.05) is 12.1 Å². The van der Waals surface area contributed by atoms with Crippen molar-refractivity contribution in [1.82, 2.24) is 10.2 Å². The molecule has 1 rings (SSSR count). The minimum Gasteiger partial charge on any atom is -0.314 e. The average molecular weight is 240 g/mol. The van der Waals surface area contributed by atoms with Crippen LogP contribution in [0.5, 0.6) is 0 Å². The fraction of sp³-hybridized carbons (Fsp3) is 1.00. The first-order valence-corrected chi connectivity index (χ1v) is 7.35. The summed E-state index contributed by atoms with van der Waals surface area (Å²) in [6, 6.07) is 1.45. The maximum absolute atomic E-state index is 3.63. The molecule has 2 heteroatoms. The van der Waals surface area contributed by atoms with Gasteiger partial charge in [0.15, 0.2) is 0 Å². The molecular formula is C15H32N2. The van der Waals surface area contributed by atoms with Crippen molar-refractivity contribution in [2.24, 2.45) is 5.41 Å². The molecule has 17 heavy (non-hydrogen) atoms. The third-order valence-electron chi connectivity index (χ3n) is 4.39. The molecule has 0 saturated carbocycles. The van der Waals surface area contributed by atoms with Crippen molar-refractivity contribution in [3.63, 3.8) is 0 Å². The summed E-state index contributed by atoms with van der Waals surface area (Å²) in [6.07, 6.45) is 6.86. The number of nitrogens with zero attached hydrogens (tertiary/aromatic N) is 1. The summed E-state index contributed by atoms with van der Waals surface area (Å²) in [5.74, 6) is 0. The van der Waals surface area contributed by atoms with Crippen LogP contribution in [-0.4, -0.2) is 37.1 Å². The highest BCUT2D eigenvalue weighted by molar-refractivity contribution is 4.78. The first kappa shape index (κ1) is 15.0. The minimum atomic E-state index is 0.387. The summed E-state index contributed by atoms with van der Waals surface area (Å²) in [6.45, 7) is 11.8. The zero-order chi connectivity index (χ0) is 12.9. The molecule has 102 valence electrons. The zero-order valence-electron chi connectivity index (χ0n) is 12.6. The van der Waals surface area contributed by atoms with E-state index < -0.39 is 0 Å². The predicted octanol–water partition coefficient (Wildman–Crippen LogP) is 3.28. The number of hydrogen-bond donors (Lipinski definition) is 1. The van der Waals surface area contributed by atoms with Gasteiger partial charge >= 0.3 is 0 Å². The summed E-state index contributed by atoms with van der Waals surface area (Å²) < 4.78 is 0. The lowest BCUT2D eigenvalue weighted by Gasteiger charge is -2.35. The van der Waals surface area contributed by atoms with Crippen LogP contribution in [0.1, 0.15) is 59.8 Å². The molecule has 0 aromatic heterocycles. The maximum Gasteiger partial charge on any atom is 0.0112 e. The largest absolute Gasteiger partial charge is 0.314 e. The molecule has 1 saturated heterocycles. The highest BCUT2D eigenvalue weighted by Gasteiger charge is 2.23. The van der Waals surface area contributed by atoms with Crippen molar-refractivity contribution in [2.45, 2.75) is 71.9 Å². The molecule has 0 aliphatic carbocycles. The average Bonchev–Trinajstić information content (AvgIpc) is 2.28. The lowest BCUT2D eigenvalue weighted by atomic mass is 9.87. The van der Waals surface area contributed by atoms with Crippen LogP contribution in [0, 0.1) is 5.41 Å². The highest BCUT2D eigenvalue weighted by atomic mass is 15.1. The van der Waals surface area contributed by atoms with Gasteiger partial charge in [-0.3, -0.25) is 0 Å². The van der Waals surface area contributed by atoms with Gasteiger partial charge in [0.2, 0.25) is 0 Å². The van der Waals surface area contributed by atoms with E-state index in [9.17, 15) is 0 Å². The number of piperidine rings is 1. The quantitative estimate of drug-likeness (QED) is 0.793. The fourth-order valence-electron chi connectivity index (χ4n) is 2.61. The van der Waals surface area contributed by atoms with Gasteiger partial charge in [-0.2, -0.15) is 0 Å². The Bertz CT molecular complexity index is 201. The SMILES string of the molecule is CC(N(C)CCCC1CCCCN1)C(C)(C)C. The third-order valence-corrected chi connectivity index (χ3v) is 4.39. The van der Waals surface area contributed by atoms with Gasteiger partial charge in [-0.15, -0.1) is 0 Å². The van der Waals surface area contributed by atoms with Gasteiger partial charge < -0.3 is 10.2 Å². The van der Waals surface area contributed by atoms with Crippen LogP contribution in [0.25, 0.3) is 0 Å². The van der Waals surface area contributed by atoms with Crippen molar-refractivity contribution in [3.8, 4) is 0 Å². The number of hydrogen-bond acceptors (Lipinski definition) is 2. The Morgan fingerprint density at radius 2 is 2.00 bits per heavy atom. The second-order valence-corrected chi connectivity index (χ2v) is 6.81. The first-order valence-electron chi connectivity index (χ1n) is 7.35. The summed E-state index contributed by atoms with van der Waals surface area (Å²) in [4.78, 5) is 2.52. The van der Waals surface area contributed by atoms with E-state index >= 15 is 0 Å². The summed E-state index contributed by atoms with van der Waals surface area (Å²) in [5.41, 5.74) is 0.387. The molecule has 0 spiro atoms. The lowest BCUT2D eigenvalue weighted by Crippen LogP contribution is -2.40. The van der Waals surface area contributed by atoms with Gasteiger partial charge in [0.25, 0.3) is 0 Å². The van der Waals surface area contributed by atoms with Crippen LogP contribution in [-0.2, 0) is 0 Å². The molecule has 0 amide bonds. The van der Waals surface area contributed by atoms with Crippen molar-refractivity contribution in [2.75, 3.05) is 20.1 Å². The molecule has 1 N–H and O–H groups in total. The Morgan fingerprint density at radius 3 is 2.53 bits per heavy atom. The molecule has 2 atom stereocenters. The highest BCUT2D eigenvalue weighted by Crippen LogP contribution is 2.23. The van der Waals surface area contributed by atoms with Gasteiger partial charge in [0.05, 0.1) is 0 Å². The Hall–Kier alpha value is -0.0800. The molecule has 1 heterocycles. The predicted molar refractivity (Wildman–Crippen MR) is 76.4 cm³/mol. The van der Waals surface area contributed by atoms with Crippen molar-refractivity contribution in [3.05, 3.63) is 0 Å². The van der Waals surface area contributed by atoms with E-state index in [1.165, 1.54) is 45.2 Å². The fourth-order valence-corrected chi connectivity index (χ4v) is 2.61. The summed E-state index contributed by atoms with van der Waals surface area (Å²) in [5, 5.41) is 3.63. The normalized spacial score (nSPS) is 24.0. The van der Waals surface area contributed by atoms with E-state index in [1.54, 1.807) is 0 Å². The Labute approximate surface area is 108 Å². The second-order valence-electron chi connectivity index (χ2n) is 6.81. The van der Waals surface area contributed by atoms with E-state index in [2.05, 4.69) is 45.0 Å². The van der Waals surface area contributed by atoms with Crippen molar-refractivity contribution in [1.29, 1.82) is 0 Å². The van der Waals surface area contributed by atoms with Gasteiger partial charge in [0.1, 0.15) is 0 Å². The first-order chi connectivity index (χ1) is 7.91. The van der Waals surface area contributed by atoms with Crippen LogP contribution < -0.4 is 5.32 Å². The lowest BCUT2D eigenvalue weighted by molar-refractivity contribution is 0.137. The molecule has 1 aliphatic rings. The molecular weight excluding hydrogens is 208 g/mol. The van der Waals surface area contributed by atoms with Gasteiger partial charge in [-0.25, -0.2) is 0 Å². The van der Waals surface area contributed by atoms with Gasteiger partial charge in [-0.1, -0.05) is 27.2 Å². The molecule has 2 nitrogen and oxygen atoms in total. The Kier molecular flexibility index (Phi) is 5.94. The topological polar surface area (TPSA) is 15.3 Å².